The van der Waals surface area contributed by atoms with Crippen LogP contribution in [0, 0.1) is 46.3 Å². The Labute approximate surface area is 259 Å². The number of hydrogen-bond donors (Lipinski definition) is 3. The molecule has 43 heavy (non-hydrogen) atoms. The Morgan fingerprint density at radius 2 is 1.70 bits per heavy atom. The number of rotatable bonds is 15. The number of carboxylic acids is 2. The van der Waals surface area contributed by atoms with Gasteiger partial charge in [0.15, 0.2) is 0 Å². The minimum absolute atomic E-state index is 0.153. The molecule has 0 bridgehead atoms. The lowest BCUT2D eigenvalue weighted by Gasteiger charge is -2.58. The number of aliphatic carboxylic acids is 2. The van der Waals surface area contributed by atoms with Crippen LogP contribution < -0.4 is 5.32 Å². The molecule has 3 saturated carbocycles. The zero-order valence-electron chi connectivity index (χ0n) is 27.4. The van der Waals surface area contributed by atoms with E-state index in [1.54, 1.807) is 5.57 Å². The Morgan fingerprint density at radius 1 is 0.977 bits per heavy atom. The fourth-order valence-corrected chi connectivity index (χ4v) is 10.0. The number of nitrogens with zero attached hydrogens (tertiary/aromatic N) is 1. The van der Waals surface area contributed by atoms with Crippen LogP contribution >= 0.6 is 0 Å². The standard InChI is InChI=1S/C35H58N2O6/c1-23(2)7-6-8-24(3)28-11-12-29-27-10-9-25-19-26(13-15-34(25,4)30(27)14-16-35(28,29)5)43-18-17-36-31(38)20-37(21-32(39)40)22-33(41)42/h9,23-24,26-30H,6-8,10-22H2,1-5H3,(H,36,38)(H,39,40)(H,41,42)/t24-,26+,27+,28-,29+,30+,34+,35-/m1/s1. The fourth-order valence-electron chi connectivity index (χ4n) is 10.0. The molecule has 0 unspecified atom stereocenters. The molecule has 1 amide bonds. The van der Waals surface area contributed by atoms with Gasteiger partial charge in [-0.25, -0.2) is 0 Å². The molecule has 4 aliphatic rings. The SMILES string of the molecule is CC(C)CCC[C@@H](C)[C@H]1CC[C@H]2[C@@H]3CC=C4C[C@@H](OCCNC(=O)CN(CC(=O)O)CC(=O)O)CC[C@]4(C)[C@H]3CC[C@]12C. The van der Waals surface area contributed by atoms with E-state index in [1.165, 1.54) is 51.4 Å². The maximum atomic E-state index is 12.3. The van der Waals surface area contributed by atoms with Crippen LogP contribution in [0.3, 0.4) is 0 Å². The topological polar surface area (TPSA) is 116 Å². The van der Waals surface area contributed by atoms with E-state index in [1.807, 2.05) is 0 Å². The molecule has 8 atom stereocenters. The molecule has 0 spiro atoms. The molecule has 8 nitrogen and oxygen atoms in total. The Hall–Kier alpha value is -1.93. The highest BCUT2D eigenvalue weighted by Crippen LogP contribution is 2.67. The summed E-state index contributed by atoms with van der Waals surface area (Å²) in [6, 6.07) is 0. The lowest BCUT2D eigenvalue weighted by molar-refractivity contribution is -0.142. The van der Waals surface area contributed by atoms with Crippen molar-refractivity contribution in [2.45, 2.75) is 111 Å². The van der Waals surface area contributed by atoms with E-state index in [4.69, 9.17) is 14.9 Å². The third kappa shape index (κ3) is 8.02. The number of allylic oxidation sites excluding steroid dienone is 1. The molecular weight excluding hydrogens is 544 g/mol. The molecule has 4 aliphatic carbocycles. The third-order valence-corrected chi connectivity index (χ3v) is 12.1. The first-order valence-corrected chi connectivity index (χ1v) is 17.1. The van der Waals surface area contributed by atoms with Crippen molar-refractivity contribution in [3.8, 4) is 0 Å². The van der Waals surface area contributed by atoms with Crippen molar-refractivity contribution < 1.29 is 29.3 Å². The quantitative estimate of drug-likeness (QED) is 0.156. The molecule has 0 heterocycles. The summed E-state index contributed by atoms with van der Waals surface area (Å²) in [7, 11) is 0. The van der Waals surface area contributed by atoms with Gasteiger partial charge >= 0.3 is 11.9 Å². The van der Waals surface area contributed by atoms with Crippen LogP contribution in [0.4, 0.5) is 0 Å². The fraction of sp³-hybridized carbons (Fsp3) is 0.857. The number of amides is 1. The summed E-state index contributed by atoms with van der Waals surface area (Å²) >= 11 is 0. The molecular formula is C35H58N2O6. The average Bonchev–Trinajstić information content (AvgIpc) is 3.27. The highest BCUT2D eigenvalue weighted by Gasteiger charge is 2.59. The van der Waals surface area contributed by atoms with E-state index in [9.17, 15) is 14.4 Å². The maximum absolute atomic E-state index is 12.3. The zero-order chi connectivity index (χ0) is 31.4. The van der Waals surface area contributed by atoms with Crippen LogP contribution in [0.5, 0.6) is 0 Å². The Bertz CT molecular complexity index is 1010. The van der Waals surface area contributed by atoms with Crippen LogP contribution in [0.2, 0.25) is 0 Å². The molecule has 3 fully saturated rings. The van der Waals surface area contributed by atoms with Crippen molar-refractivity contribution >= 4 is 17.8 Å². The van der Waals surface area contributed by atoms with Gasteiger partial charge in [0.2, 0.25) is 5.91 Å². The van der Waals surface area contributed by atoms with E-state index in [2.05, 4.69) is 46.0 Å². The van der Waals surface area contributed by atoms with Gasteiger partial charge < -0.3 is 20.3 Å². The summed E-state index contributed by atoms with van der Waals surface area (Å²) < 4.78 is 6.21. The predicted molar refractivity (Wildman–Crippen MR) is 168 cm³/mol. The van der Waals surface area contributed by atoms with Crippen LogP contribution in [-0.2, 0) is 19.1 Å². The van der Waals surface area contributed by atoms with Gasteiger partial charge in [-0.3, -0.25) is 19.3 Å². The smallest absolute Gasteiger partial charge is 0.317 e. The van der Waals surface area contributed by atoms with Crippen molar-refractivity contribution in [3.05, 3.63) is 11.6 Å². The van der Waals surface area contributed by atoms with Crippen molar-refractivity contribution in [2.75, 3.05) is 32.8 Å². The molecule has 0 aromatic carbocycles. The van der Waals surface area contributed by atoms with Gasteiger partial charge in [0.1, 0.15) is 0 Å². The molecule has 8 heteroatoms. The van der Waals surface area contributed by atoms with Gasteiger partial charge in [-0.15, -0.1) is 0 Å². The van der Waals surface area contributed by atoms with Gasteiger partial charge in [-0.05, 0) is 97.7 Å². The Kier molecular flexibility index (Phi) is 11.4. The number of hydrogen-bond acceptors (Lipinski definition) is 5. The zero-order valence-corrected chi connectivity index (χ0v) is 27.4. The van der Waals surface area contributed by atoms with E-state index >= 15 is 0 Å². The van der Waals surface area contributed by atoms with Crippen molar-refractivity contribution in [1.29, 1.82) is 0 Å². The number of carbonyl (C=O) groups excluding carboxylic acids is 1. The van der Waals surface area contributed by atoms with Crippen LogP contribution in [0.1, 0.15) is 105 Å². The summed E-state index contributed by atoms with van der Waals surface area (Å²) in [6.45, 7) is 11.9. The second-order valence-corrected chi connectivity index (χ2v) is 15.3. The third-order valence-electron chi connectivity index (χ3n) is 12.1. The summed E-state index contributed by atoms with van der Waals surface area (Å²) in [5, 5.41) is 20.7. The van der Waals surface area contributed by atoms with Crippen LogP contribution in [0.15, 0.2) is 11.6 Å². The summed E-state index contributed by atoms with van der Waals surface area (Å²) in [5.74, 6) is 2.25. The Balaban J connectivity index is 1.26. The number of nitrogens with one attached hydrogen (secondary N) is 1. The van der Waals surface area contributed by atoms with Gasteiger partial charge in [-0.1, -0.05) is 65.5 Å². The first kappa shape index (κ1) is 34.0. The van der Waals surface area contributed by atoms with E-state index < -0.39 is 30.9 Å². The molecule has 0 saturated heterocycles. The van der Waals surface area contributed by atoms with E-state index in [-0.39, 0.29) is 18.1 Å². The van der Waals surface area contributed by atoms with Gasteiger partial charge in [0.05, 0.1) is 32.3 Å². The molecule has 4 rings (SSSR count). The molecule has 0 aromatic heterocycles. The van der Waals surface area contributed by atoms with Crippen molar-refractivity contribution in [1.82, 2.24) is 10.2 Å². The minimum Gasteiger partial charge on any atom is -0.480 e. The first-order chi connectivity index (χ1) is 20.3. The minimum atomic E-state index is -1.16. The van der Waals surface area contributed by atoms with Crippen molar-refractivity contribution in [2.24, 2.45) is 46.3 Å². The lowest BCUT2D eigenvalue weighted by Crippen LogP contribution is -2.51. The lowest BCUT2D eigenvalue weighted by atomic mass is 9.47. The number of carboxylic acid groups (broad SMARTS) is 2. The normalized spacial score (nSPS) is 34.2. The number of ether oxygens (including phenoxy) is 1. The van der Waals surface area contributed by atoms with Gasteiger partial charge in [-0.2, -0.15) is 0 Å². The van der Waals surface area contributed by atoms with Gasteiger partial charge in [0.25, 0.3) is 0 Å². The molecule has 0 aromatic rings. The van der Waals surface area contributed by atoms with E-state index in [0.717, 1.165) is 59.7 Å². The van der Waals surface area contributed by atoms with E-state index in [0.29, 0.717) is 18.6 Å². The largest absolute Gasteiger partial charge is 0.480 e. The highest BCUT2D eigenvalue weighted by molar-refractivity contribution is 5.80. The van der Waals surface area contributed by atoms with Crippen LogP contribution in [0.25, 0.3) is 0 Å². The summed E-state index contributed by atoms with van der Waals surface area (Å²) in [6.07, 6.45) is 16.8. The second kappa shape index (κ2) is 14.4. The predicted octanol–water partition coefficient (Wildman–Crippen LogP) is 6.00. The number of fused-ring (bicyclic) bond motifs is 5. The average molecular weight is 603 g/mol. The Morgan fingerprint density at radius 3 is 2.37 bits per heavy atom. The maximum Gasteiger partial charge on any atom is 0.317 e. The highest BCUT2D eigenvalue weighted by atomic mass is 16.5. The summed E-state index contributed by atoms with van der Waals surface area (Å²) in [5.41, 5.74) is 2.37. The van der Waals surface area contributed by atoms with Crippen LogP contribution in [-0.4, -0.2) is 71.8 Å². The molecule has 3 N–H and O–H groups in total. The monoisotopic (exact) mass is 602 g/mol. The van der Waals surface area contributed by atoms with Gasteiger partial charge in [0, 0.05) is 6.54 Å². The second-order valence-electron chi connectivity index (χ2n) is 15.3. The molecule has 0 aliphatic heterocycles. The first-order valence-electron chi connectivity index (χ1n) is 17.1. The number of carbonyl (C=O) groups is 3. The molecule has 244 valence electrons. The molecule has 0 radical (unpaired) electrons. The van der Waals surface area contributed by atoms with Crippen molar-refractivity contribution in [3.63, 3.8) is 0 Å². The summed E-state index contributed by atoms with van der Waals surface area (Å²) in [4.78, 5) is 35.3.